The van der Waals surface area contributed by atoms with Crippen molar-refractivity contribution in [3.05, 3.63) is 51.5 Å². The summed E-state index contributed by atoms with van der Waals surface area (Å²) in [5, 5.41) is 0. The molecule has 0 aliphatic heterocycles. The van der Waals surface area contributed by atoms with Gasteiger partial charge in [-0.15, -0.1) is 0 Å². The van der Waals surface area contributed by atoms with Gasteiger partial charge in [-0.05, 0) is 53.2 Å². The first-order valence-electron chi connectivity index (χ1n) is 5.98. The number of hydrogen-bond acceptors (Lipinski definition) is 1. The second-order valence-corrected chi connectivity index (χ2v) is 5.01. The Balaban J connectivity index is 1.99. The monoisotopic (exact) mass is 292 g/mol. The molecular formula is C14H17BrN2. The molecule has 1 heterocycles. The number of aromatic nitrogens is 2. The lowest BCUT2D eigenvalue weighted by atomic mass is 10.1. The summed E-state index contributed by atoms with van der Waals surface area (Å²) in [6.07, 6.45) is 3.14. The Labute approximate surface area is 111 Å². The van der Waals surface area contributed by atoms with E-state index in [1.165, 1.54) is 16.8 Å². The highest BCUT2D eigenvalue weighted by Gasteiger charge is 2.05. The standard InChI is InChI=1S/C14H17BrN2/c1-3-11-4-6-12(7-5-11)8-9-13-14(15)17-10(2)16-13/h4-7H,3,8-9H2,1-2H3,(H,16,17). The molecule has 2 rings (SSSR count). The molecule has 1 N–H and O–H groups in total. The van der Waals surface area contributed by atoms with Gasteiger partial charge in [-0.1, -0.05) is 31.2 Å². The summed E-state index contributed by atoms with van der Waals surface area (Å²) in [7, 11) is 0. The number of rotatable bonds is 4. The zero-order valence-corrected chi connectivity index (χ0v) is 11.8. The number of aromatic amines is 1. The SMILES string of the molecule is CCc1ccc(CCc2[nH]c(C)nc2Br)cc1. The number of imidazole rings is 1. The van der Waals surface area contributed by atoms with Gasteiger partial charge in [0.25, 0.3) is 0 Å². The van der Waals surface area contributed by atoms with Gasteiger partial charge in [0.05, 0.1) is 0 Å². The van der Waals surface area contributed by atoms with Gasteiger partial charge >= 0.3 is 0 Å². The Morgan fingerprint density at radius 2 is 1.76 bits per heavy atom. The summed E-state index contributed by atoms with van der Waals surface area (Å²) in [6.45, 7) is 4.16. The molecule has 2 aromatic rings. The van der Waals surface area contributed by atoms with Gasteiger partial charge in [-0.2, -0.15) is 0 Å². The van der Waals surface area contributed by atoms with Crippen molar-refractivity contribution in [1.82, 2.24) is 9.97 Å². The number of nitrogens with zero attached hydrogens (tertiary/aromatic N) is 1. The molecule has 0 radical (unpaired) electrons. The summed E-state index contributed by atoms with van der Waals surface area (Å²) < 4.78 is 0.945. The average Bonchev–Trinajstić information content (AvgIpc) is 2.66. The second kappa shape index (κ2) is 5.50. The van der Waals surface area contributed by atoms with Crippen LogP contribution in [0.25, 0.3) is 0 Å². The van der Waals surface area contributed by atoms with Crippen LogP contribution in [-0.2, 0) is 19.3 Å². The van der Waals surface area contributed by atoms with Crippen LogP contribution in [0.5, 0.6) is 0 Å². The number of halogens is 1. The van der Waals surface area contributed by atoms with Crippen molar-refractivity contribution >= 4 is 15.9 Å². The van der Waals surface area contributed by atoms with Crippen molar-refractivity contribution in [3.63, 3.8) is 0 Å². The molecule has 1 aromatic carbocycles. The number of benzene rings is 1. The van der Waals surface area contributed by atoms with Gasteiger partial charge < -0.3 is 4.98 Å². The van der Waals surface area contributed by atoms with E-state index < -0.39 is 0 Å². The van der Waals surface area contributed by atoms with Gasteiger partial charge in [-0.3, -0.25) is 0 Å². The van der Waals surface area contributed by atoms with Crippen molar-refractivity contribution in [2.45, 2.75) is 33.1 Å². The summed E-state index contributed by atoms with van der Waals surface area (Å²) >= 11 is 3.47. The minimum Gasteiger partial charge on any atom is -0.345 e. The van der Waals surface area contributed by atoms with Gasteiger partial charge in [0.2, 0.25) is 0 Å². The second-order valence-electron chi connectivity index (χ2n) is 4.26. The fraction of sp³-hybridized carbons (Fsp3) is 0.357. The molecule has 2 nitrogen and oxygen atoms in total. The average molecular weight is 293 g/mol. The first kappa shape index (κ1) is 12.4. The van der Waals surface area contributed by atoms with E-state index in [2.05, 4.69) is 57.1 Å². The number of hydrogen-bond donors (Lipinski definition) is 1. The smallest absolute Gasteiger partial charge is 0.127 e. The van der Waals surface area contributed by atoms with E-state index in [1.807, 2.05) is 6.92 Å². The predicted octanol–water partition coefficient (Wildman–Crippen LogP) is 3.83. The van der Waals surface area contributed by atoms with Crippen molar-refractivity contribution in [1.29, 1.82) is 0 Å². The Bertz CT molecular complexity index is 485. The zero-order valence-electron chi connectivity index (χ0n) is 10.3. The minimum atomic E-state index is 0.945. The molecule has 0 saturated heterocycles. The largest absolute Gasteiger partial charge is 0.345 e. The third-order valence-corrected chi connectivity index (χ3v) is 3.60. The van der Waals surface area contributed by atoms with E-state index in [9.17, 15) is 0 Å². The number of nitrogens with one attached hydrogen (secondary N) is 1. The van der Waals surface area contributed by atoms with Crippen LogP contribution in [0.15, 0.2) is 28.9 Å². The molecular weight excluding hydrogens is 276 g/mol. The molecule has 0 saturated carbocycles. The van der Waals surface area contributed by atoms with Crippen LogP contribution in [0.4, 0.5) is 0 Å². The minimum absolute atomic E-state index is 0.945. The summed E-state index contributed by atoms with van der Waals surface area (Å²) in [6, 6.07) is 8.86. The van der Waals surface area contributed by atoms with Gasteiger partial charge in [-0.25, -0.2) is 4.98 Å². The fourth-order valence-corrected chi connectivity index (χ4v) is 2.45. The lowest BCUT2D eigenvalue weighted by Crippen LogP contribution is -1.93. The van der Waals surface area contributed by atoms with Crippen LogP contribution in [0, 0.1) is 6.92 Å². The Kier molecular flexibility index (Phi) is 4.00. The third-order valence-electron chi connectivity index (χ3n) is 2.94. The third kappa shape index (κ3) is 3.19. The maximum absolute atomic E-state index is 4.31. The van der Waals surface area contributed by atoms with E-state index in [4.69, 9.17) is 0 Å². The molecule has 0 fully saturated rings. The quantitative estimate of drug-likeness (QED) is 0.912. The summed E-state index contributed by atoms with van der Waals surface area (Å²) in [5.74, 6) is 0.966. The number of aryl methyl sites for hydroxylation is 4. The van der Waals surface area contributed by atoms with Crippen molar-refractivity contribution < 1.29 is 0 Å². The molecule has 0 bridgehead atoms. The molecule has 0 unspecified atom stereocenters. The van der Waals surface area contributed by atoms with Crippen LogP contribution >= 0.6 is 15.9 Å². The van der Waals surface area contributed by atoms with Crippen LogP contribution in [-0.4, -0.2) is 9.97 Å². The summed E-state index contributed by atoms with van der Waals surface area (Å²) in [5.41, 5.74) is 3.95. The lowest BCUT2D eigenvalue weighted by molar-refractivity contribution is 0.913. The van der Waals surface area contributed by atoms with Crippen LogP contribution in [0.2, 0.25) is 0 Å². The Hall–Kier alpha value is -1.09. The Morgan fingerprint density at radius 1 is 1.12 bits per heavy atom. The van der Waals surface area contributed by atoms with Crippen LogP contribution in [0.3, 0.4) is 0 Å². The van der Waals surface area contributed by atoms with Gasteiger partial charge in [0.15, 0.2) is 0 Å². The molecule has 0 atom stereocenters. The lowest BCUT2D eigenvalue weighted by Gasteiger charge is -2.02. The molecule has 0 aliphatic carbocycles. The van der Waals surface area contributed by atoms with Crippen molar-refractivity contribution in [2.24, 2.45) is 0 Å². The van der Waals surface area contributed by atoms with E-state index in [1.54, 1.807) is 0 Å². The topological polar surface area (TPSA) is 28.7 Å². The molecule has 3 heteroatoms. The maximum atomic E-state index is 4.31. The van der Waals surface area contributed by atoms with E-state index in [0.29, 0.717) is 0 Å². The molecule has 1 aromatic heterocycles. The molecule has 17 heavy (non-hydrogen) atoms. The molecule has 0 amide bonds. The number of H-pyrrole nitrogens is 1. The van der Waals surface area contributed by atoms with Crippen molar-refractivity contribution in [3.8, 4) is 0 Å². The highest BCUT2D eigenvalue weighted by Crippen LogP contribution is 2.16. The highest BCUT2D eigenvalue weighted by molar-refractivity contribution is 9.10. The van der Waals surface area contributed by atoms with Gasteiger partial charge in [0.1, 0.15) is 10.4 Å². The normalized spacial score (nSPS) is 10.8. The van der Waals surface area contributed by atoms with E-state index in [0.717, 1.165) is 29.7 Å². The molecule has 0 aliphatic rings. The predicted molar refractivity (Wildman–Crippen MR) is 74.3 cm³/mol. The summed E-state index contributed by atoms with van der Waals surface area (Å²) in [4.78, 5) is 7.59. The van der Waals surface area contributed by atoms with E-state index >= 15 is 0 Å². The Morgan fingerprint density at radius 3 is 2.29 bits per heavy atom. The fourth-order valence-electron chi connectivity index (χ4n) is 1.89. The molecule has 90 valence electrons. The van der Waals surface area contributed by atoms with Crippen LogP contribution in [0.1, 0.15) is 29.6 Å². The highest BCUT2D eigenvalue weighted by atomic mass is 79.9. The maximum Gasteiger partial charge on any atom is 0.127 e. The molecule has 0 spiro atoms. The first-order chi connectivity index (χ1) is 8.19. The van der Waals surface area contributed by atoms with Crippen LogP contribution < -0.4 is 0 Å². The van der Waals surface area contributed by atoms with E-state index in [-0.39, 0.29) is 0 Å². The van der Waals surface area contributed by atoms with Crippen molar-refractivity contribution in [2.75, 3.05) is 0 Å². The van der Waals surface area contributed by atoms with Gasteiger partial charge in [0, 0.05) is 5.69 Å². The first-order valence-corrected chi connectivity index (χ1v) is 6.77. The zero-order chi connectivity index (χ0) is 12.3.